The molecule has 0 aliphatic heterocycles. The molecule has 0 saturated heterocycles. The van der Waals surface area contributed by atoms with Crippen molar-refractivity contribution in [3.8, 4) is 0 Å². The van der Waals surface area contributed by atoms with Gasteiger partial charge >= 0.3 is 6.03 Å². The maximum Gasteiger partial charge on any atom is 0.318 e. The summed E-state index contributed by atoms with van der Waals surface area (Å²) in [5, 5.41) is 3.05. The van der Waals surface area contributed by atoms with E-state index in [-0.39, 0.29) is 17.5 Å². The molecule has 28 heavy (non-hydrogen) atoms. The number of nitrogens with zero attached hydrogens (tertiary/aromatic N) is 3. The van der Waals surface area contributed by atoms with Gasteiger partial charge in [-0.3, -0.25) is 0 Å². The van der Waals surface area contributed by atoms with Gasteiger partial charge in [0.25, 0.3) is 0 Å². The van der Waals surface area contributed by atoms with Gasteiger partial charge < -0.3 is 19.1 Å². The Morgan fingerprint density at radius 3 is 2.00 bits per heavy atom. The molecule has 1 aromatic carbocycles. The number of hydrogen-bond acceptors (Lipinski definition) is 5. The summed E-state index contributed by atoms with van der Waals surface area (Å²) in [6, 6.07) is 7.99. The van der Waals surface area contributed by atoms with Crippen molar-refractivity contribution in [2.75, 3.05) is 0 Å². The van der Waals surface area contributed by atoms with E-state index in [9.17, 15) is 4.79 Å². The number of oxazole rings is 2. The standard InChI is InChI=1S/C21H26N4O3/c1-15(16-5-7-17(8-6-16)21(2,3)4)24-20(26)25(9-18-11-27-13-22-18)10-19-12-28-14-23-19/h5-8,11-15H,9-10H2,1-4H3,(H,24,26)/t15-/m1/s1. The minimum absolute atomic E-state index is 0.0942. The number of hydrogen-bond donors (Lipinski definition) is 1. The average molecular weight is 382 g/mol. The maximum atomic E-state index is 12.9. The second-order valence-electron chi connectivity index (χ2n) is 7.86. The Morgan fingerprint density at radius 1 is 1.04 bits per heavy atom. The lowest BCUT2D eigenvalue weighted by Crippen LogP contribution is -2.40. The van der Waals surface area contributed by atoms with Crippen LogP contribution in [0.5, 0.6) is 0 Å². The molecule has 0 fully saturated rings. The molecule has 1 N–H and O–H groups in total. The molecule has 0 aliphatic rings. The molecule has 0 saturated carbocycles. The van der Waals surface area contributed by atoms with Crippen LogP contribution in [0, 0.1) is 0 Å². The van der Waals surface area contributed by atoms with Crippen LogP contribution in [0.25, 0.3) is 0 Å². The van der Waals surface area contributed by atoms with Crippen molar-refractivity contribution in [3.63, 3.8) is 0 Å². The van der Waals surface area contributed by atoms with Gasteiger partial charge in [-0.25, -0.2) is 14.8 Å². The van der Waals surface area contributed by atoms with Gasteiger partial charge in [-0.1, -0.05) is 45.0 Å². The van der Waals surface area contributed by atoms with Crippen molar-refractivity contribution in [2.24, 2.45) is 0 Å². The molecular formula is C21H26N4O3. The molecule has 0 unspecified atom stereocenters. The molecule has 3 aromatic rings. The van der Waals surface area contributed by atoms with E-state index < -0.39 is 0 Å². The summed E-state index contributed by atoms with van der Waals surface area (Å²) in [6.07, 6.45) is 5.75. The summed E-state index contributed by atoms with van der Waals surface area (Å²) in [5.74, 6) is 0. The highest BCUT2D eigenvalue weighted by Gasteiger charge is 2.20. The second kappa shape index (κ2) is 8.29. The second-order valence-corrected chi connectivity index (χ2v) is 7.86. The summed E-state index contributed by atoms with van der Waals surface area (Å²) in [7, 11) is 0. The zero-order valence-electron chi connectivity index (χ0n) is 16.7. The van der Waals surface area contributed by atoms with Crippen LogP contribution < -0.4 is 5.32 Å². The quantitative estimate of drug-likeness (QED) is 0.681. The zero-order valence-corrected chi connectivity index (χ0v) is 16.7. The van der Waals surface area contributed by atoms with E-state index in [4.69, 9.17) is 8.83 Å². The molecule has 7 nitrogen and oxygen atoms in total. The Hall–Kier alpha value is -3.09. The number of nitrogens with one attached hydrogen (secondary N) is 1. The minimum Gasteiger partial charge on any atom is -0.451 e. The van der Waals surface area contributed by atoms with Crippen LogP contribution in [0.2, 0.25) is 0 Å². The first-order valence-electron chi connectivity index (χ1n) is 9.23. The van der Waals surface area contributed by atoms with Gasteiger partial charge in [-0.2, -0.15) is 0 Å². The molecule has 0 spiro atoms. The molecule has 7 heteroatoms. The van der Waals surface area contributed by atoms with Crippen molar-refractivity contribution in [1.82, 2.24) is 20.2 Å². The lowest BCUT2D eigenvalue weighted by atomic mass is 9.86. The summed E-state index contributed by atoms with van der Waals surface area (Å²) in [5.41, 5.74) is 3.73. The largest absolute Gasteiger partial charge is 0.451 e. The Labute approximate surface area is 164 Å². The maximum absolute atomic E-state index is 12.9. The predicted molar refractivity (Wildman–Crippen MR) is 104 cm³/mol. The highest BCUT2D eigenvalue weighted by molar-refractivity contribution is 5.74. The molecule has 3 rings (SSSR count). The lowest BCUT2D eigenvalue weighted by Gasteiger charge is -2.25. The highest BCUT2D eigenvalue weighted by atomic mass is 16.3. The fourth-order valence-electron chi connectivity index (χ4n) is 2.85. The van der Waals surface area contributed by atoms with E-state index in [1.807, 2.05) is 6.92 Å². The Bertz CT molecular complexity index is 829. The normalized spacial score (nSPS) is 12.6. The van der Waals surface area contributed by atoms with E-state index in [0.29, 0.717) is 24.5 Å². The molecule has 2 heterocycles. The van der Waals surface area contributed by atoms with E-state index in [1.54, 1.807) is 4.90 Å². The topological polar surface area (TPSA) is 84.4 Å². The van der Waals surface area contributed by atoms with Crippen molar-refractivity contribution >= 4 is 6.03 Å². The van der Waals surface area contributed by atoms with Crippen molar-refractivity contribution < 1.29 is 13.6 Å². The molecule has 0 bridgehead atoms. The zero-order chi connectivity index (χ0) is 20.1. The van der Waals surface area contributed by atoms with Crippen LogP contribution >= 0.6 is 0 Å². The third kappa shape index (κ3) is 5.00. The number of urea groups is 1. The van der Waals surface area contributed by atoms with Gasteiger partial charge in [0.2, 0.25) is 0 Å². The fraction of sp³-hybridized carbons (Fsp3) is 0.381. The molecule has 2 amide bonds. The average Bonchev–Trinajstić information content (AvgIpc) is 3.34. The van der Waals surface area contributed by atoms with Gasteiger partial charge in [-0.15, -0.1) is 0 Å². The molecule has 2 aromatic heterocycles. The number of benzene rings is 1. The van der Waals surface area contributed by atoms with Crippen LogP contribution in [0.3, 0.4) is 0 Å². The molecule has 1 atom stereocenters. The summed E-state index contributed by atoms with van der Waals surface area (Å²) < 4.78 is 10.0. The monoisotopic (exact) mass is 382 g/mol. The third-order valence-corrected chi connectivity index (χ3v) is 4.58. The number of aromatic nitrogens is 2. The van der Waals surface area contributed by atoms with Crippen molar-refractivity contribution in [2.45, 2.75) is 52.2 Å². The van der Waals surface area contributed by atoms with Crippen LogP contribution in [0.4, 0.5) is 4.79 Å². The Balaban J connectivity index is 1.69. The van der Waals surface area contributed by atoms with Crippen LogP contribution in [-0.4, -0.2) is 20.9 Å². The van der Waals surface area contributed by atoms with Gasteiger partial charge in [0.15, 0.2) is 12.8 Å². The Morgan fingerprint density at radius 2 is 1.57 bits per heavy atom. The van der Waals surface area contributed by atoms with E-state index in [1.165, 1.54) is 30.9 Å². The number of carbonyl (C=O) groups excluding carboxylic acids is 1. The van der Waals surface area contributed by atoms with Crippen LogP contribution in [0.15, 0.2) is 58.4 Å². The van der Waals surface area contributed by atoms with Gasteiger partial charge in [0.05, 0.1) is 30.5 Å². The van der Waals surface area contributed by atoms with Crippen LogP contribution in [-0.2, 0) is 18.5 Å². The molecular weight excluding hydrogens is 356 g/mol. The molecule has 0 aliphatic carbocycles. The third-order valence-electron chi connectivity index (χ3n) is 4.58. The molecule has 148 valence electrons. The summed E-state index contributed by atoms with van der Waals surface area (Å²) >= 11 is 0. The van der Waals surface area contributed by atoms with E-state index >= 15 is 0 Å². The first-order valence-corrected chi connectivity index (χ1v) is 9.23. The number of amides is 2. The van der Waals surface area contributed by atoms with E-state index in [0.717, 1.165) is 5.56 Å². The van der Waals surface area contributed by atoms with Gasteiger partial charge in [0, 0.05) is 0 Å². The smallest absolute Gasteiger partial charge is 0.318 e. The fourth-order valence-corrected chi connectivity index (χ4v) is 2.85. The van der Waals surface area contributed by atoms with Gasteiger partial charge in [0.1, 0.15) is 12.5 Å². The first kappa shape index (κ1) is 19.7. The summed E-state index contributed by atoms with van der Waals surface area (Å²) in [6.45, 7) is 9.13. The highest BCUT2D eigenvalue weighted by Crippen LogP contribution is 2.24. The summed E-state index contributed by atoms with van der Waals surface area (Å²) in [4.78, 5) is 22.7. The van der Waals surface area contributed by atoms with Crippen LogP contribution in [0.1, 0.15) is 56.3 Å². The van der Waals surface area contributed by atoms with Crippen molar-refractivity contribution in [3.05, 3.63) is 72.1 Å². The number of carbonyl (C=O) groups is 1. The minimum atomic E-state index is -0.210. The Kier molecular flexibility index (Phi) is 5.82. The lowest BCUT2D eigenvalue weighted by molar-refractivity contribution is 0.187. The van der Waals surface area contributed by atoms with E-state index in [2.05, 4.69) is 60.3 Å². The van der Waals surface area contributed by atoms with Crippen molar-refractivity contribution in [1.29, 1.82) is 0 Å². The number of rotatable bonds is 6. The predicted octanol–water partition coefficient (Wildman–Crippen LogP) is 4.43. The first-order chi connectivity index (χ1) is 13.3. The SMILES string of the molecule is C[C@@H](NC(=O)N(Cc1cocn1)Cc1cocn1)c1ccc(C(C)(C)C)cc1. The molecule has 0 radical (unpaired) electrons. The van der Waals surface area contributed by atoms with Gasteiger partial charge in [-0.05, 0) is 23.5 Å².